The van der Waals surface area contributed by atoms with Crippen LogP contribution >= 0.6 is 0 Å². The summed E-state index contributed by atoms with van der Waals surface area (Å²) in [6, 6.07) is 76.1. The first kappa shape index (κ1) is 36.0. The van der Waals surface area contributed by atoms with Crippen molar-refractivity contribution in [1.82, 2.24) is 0 Å². The van der Waals surface area contributed by atoms with E-state index in [1.807, 2.05) is 0 Å². The van der Waals surface area contributed by atoms with Crippen LogP contribution in [-0.2, 0) is 10.8 Å². The van der Waals surface area contributed by atoms with E-state index in [2.05, 4.69) is 244 Å². The Bertz CT molecular complexity index is 3090. The SMILES string of the molecule is CC1(C)c2ccccc2-c2ccc(N(c3ccccc3)c3ccc(-c4ccc5ccccc5c4N4c5ccccc5C(C)(C)c5cc(-c6ccccc6)ccc54)cc3)cc21. The molecule has 0 fully saturated rings. The lowest BCUT2D eigenvalue weighted by Crippen LogP contribution is -2.31. The molecule has 9 aromatic carbocycles. The molecule has 11 rings (SSSR count). The molecule has 0 atom stereocenters. The number of nitrogens with zero attached hydrogens (tertiary/aromatic N) is 2. The molecule has 0 unspecified atom stereocenters. The summed E-state index contributed by atoms with van der Waals surface area (Å²) < 4.78 is 0. The van der Waals surface area contributed by atoms with Crippen molar-refractivity contribution in [3.8, 4) is 33.4 Å². The molecule has 0 saturated heterocycles. The maximum Gasteiger partial charge on any atom is 0.0618 e. The van der Waals surface area contributed by atoms with Gasteiger partial charge in [0.15, 0.2) is 0 Å². The van der Waals surface area contributed by atoms with E-state index < -0.39 is 0 Å². The lowest BCUT2D eigenvalue weighted by molar-refractivity contribution is 0.632. The van der Waals surface area contributed by atoms with Crippen LogP contribution in [0.3, 0.4) is 0 Å². The summed E-state index contributed by atoms with van der Waals surface area (Å²) in [6.07, 6.45) is 0. The maximum atomic E-state index is 2.54. The molecule has 288 valence electrons. The van der Waals surface area contributed by atoms with Crippen molar-refractivity contribution in [1.29, 1.82) is 0 Å². The van der Waals surface area contributed by atoms with E-state index >= 15 is 0 Å². The van der Waals surface area contributed by atoms with Gasteiger partial charge >= 0.3 is 0 Å². The Labute approximate surface area is 353 Å². The fourth-order valence-corrected chi connectivity index (χ4v) is 10.1. The van der Waals surface area contributed by atoms with Gasteiger partial charge < -0.3 is 9.80 Å². The average Bonchev–Trinajstić information content (AvgIpc) is 3.52. The Morgan fingerprint density at radius 2 is 0.917 bits per heavy atom. The molecular weight excluding hydrogens is 725 g/mol. The Kier molecular flexibility index (Phi) is 8.22. The van der Waals surface area contributed by atoms with Crippen molar-refractivity contribution >= 4 is 44.9 Å². The van der Waals surface area contributed by atoms with Gasteiger partial charge in [0.05, 0.1) is 17.1 Å². The van der Waals surface area contributed by atoms with E-state index in [1.165, 1.54) is 83.5 Å². The lowest BCUT2D eigenvalue weighted by atomic mass is 9.72. The molecule has 1 aliphatic carbocycles. The smallest absolute Gasteiger partial charge is 0.0618 e. The zero-order chi connectivity index (χ0) is 40.6. The summed E-state index contributed by atoms with van der Waals surface area (Å²) >= 11 is 0. The van der Waals surface area contributed by atoms with Crippen molar-refractivity contribution in [3.05, 3.63) is 229 Å². The van der Waals surface area contributed by atoms with Crippen LogP contribution in [0.25, 0.3) is 44.2 Å². The van der Waals surface area contributed by atoms with Crippen LogP contribution in [-0.4, -0.2) is 0 Å². The number of hydrogen-bond donors (Lipinski definition) is 0. The maximum absolute atomic E-state index is 2.54. The molecule has 0 N–H and O–H groups in total. The standard InChI is InChI=1S/C58H46N2/c1-57(2)50-24-14-13-23-48(50)49-35-33-45(38-52(49)57)59(43-20-9-6-10-21-43)44-31-27-41(28-32-44)47-34-29-40-19-11-12-22-46(40)56(47)60-54-26-16-15-25-51(54)58(3,4)53-37-42(30-36-55(53)60)39-17-7-5-8-18-39/h5-38H,1-4H3. The minimum atomic E-state index is -0.212. The van der Waals surface area contributed by atoms with Crippen LogP contribution < -0.4 is 9.80 Å². The lowest BCUT2D eigenvalue weighted by Gasteiger charge is -2.43. The van der Waals surface area contributed by atoms with Gasteiger partial charge in [-0.3, -0.25) is 0 Å². The van der Waals surface area contributed by atoms with Gasteiger partial charge in [0, 0.05) is 38.8 Å². The topological polar surface area (TPSA) is 6.48 Å². The molecule has 0 bridgehead atoms. The van der Waals surface area contributed by atoms with Gasteiger partial charge in [0.1, 0.15) is 0 Å². The number of rotatable bonds is 6. The quantitative estimate of drug-likeness (QED) is 0.166. The first-order valence-corrected chi connectivity index (χ1v) is 21.1. The molecule has 2 heteroatoms. The largest absolute Gasteiger partial charge is 0.310 e. The van der Waals surface area contributed by atoms with E-state index in [0.29, 0.717) is 0 Å². The van der Waals surface area contributed by atoms with Crippen LogP contribution in [0.2, 0.25) is 0 Å². The second-order valence-corrected chi connectivity index (χ2v) is 17.4. The fraction of sp³-hybridized carbons (Fsp3) is 0.103. The molecule has 0 saturated carbocycles. The van der Waals surface area contributed by atoms with Gasteiger partial charge in [-0.15, -0.1) is 0 Å². The summed E-state index contributed by atoms with van der Waals surface area (Å²) in [6.45, 7) is 9.46. The minimum absolute atomic E-state index is 0.0926. The molecule has 0 aromatic heterocycles. The van der Waals surface area contributed by atoms with Crippen molar-refractivity contribution in [2.24, 2.45) is 0 Å². The number of para-hydroxylation sites is 2. The fourth-order valence-electron chi connectivity index (χ4n) is 10.1. The Hall–Kier alpha value is -7.16. The van der Waals surface area contributed by atoms with Gasteiger partial charge in [-0.05, 0) is 110 Å². The van der Waals surface area contributed by atoms with Crippen LogP contribution in [0.4, 0.5) is 34.1 Å². The van der Waals surface area contributed by atoms with Gasteiger partial charge in [-0.1, -0.05) is 179 Å². The predicted octanol–water partition coefficient (Wildman–Crippen LogP) is 16.1. The average molecular weight is 771 g/mol. The van der Waals surface area contributed by atoms with Crippen molar-refractivity contribution in [2.45, 2.75) is 38.5 Å². The molecule has 0 spiro atoms. The van der Waals surface area contributed by atoms with Crippen LogP contribution in [0, 0.1) is 0 Å². The molecule has 0 radical (unpaired) electrons. The summed E-state index contributed by atoms with van der Waals surface area (Å²) in [5.41, 5.74) is 19.6. The zero-order valence-corrected chi connectivity index (χ0v) is 34.5. The van der Waals surface area contributed by atoms with Crippen LogP contribution in [0.1, 0.15) is 49.9 Å². The highest BCUT2D eigenvalue weighted by atomic mass is 15.2. The second kappa shape index (κ2) is 13.7. The first-order chi connectivity index (χ1) is 29.3. The zero-order valence-electron chi connectivity index (χ0n) is 34.5. The van der Waals surface area contributed by atoms with Crippen molar-refractivity contribution in [2.75, 3.05) is 9.80 Å². The first-order valence-electron chi connectivity index (χ1n) is 21.1. The Morgan fingerprint density at radius 1 is 0.350 bits per heavy atom. The number of benzene rings is 9. The summed E-state index contributed by atoms with van der Waals surface area (Å²) in [4.78, 5) is 4.94. The number of hydrogen-bond acceptors (Lipinski definition) is 2. The molecule has 2 nitrogen and oxygen atoms in total. The number of fused-ring (bicyclic) bond motifs is 6. The molecular formula is C58H46N2. The molecule has 1 heterocycles. The molecule has 0 amide bonds. The van der Waals surface area contributed by atoms with E-state index in [4.69, 9.17) is 0 Å². The Balaban J connectivity index is 1.07. The highest BCUT2D eigenvalue weighted by Gasteiger charge is 2.39. The third-order valence-corrected chi connectivity index (χ3v) is 13.2. The second-order valence-electron chi connectivity index (χ2n) is 17.4. The van der Waals surface area contributed by atoms with Gasteiger partial charge in [-0.2, -0.15) is 0 Å². The third-order valence-electron chi connectivity index (χ3n) is 13.2. The minimum Gasteiger partial charge on any atom is -0.310 e. The Morgan fingerprint density at radius 3 is 1.72 bits per heavy atom. The highest BCUT2D eigenvalue weighted by molar-refractivity contribution is 6.07. The highest BCUT2D eigenvalue weighted by Crippen LogP contribution is 2.56. The molecule has 9 aromatic rings. The van der Waals surface area contributed by atoms with E-state index in [0.717, 1.165) is 17.1 Å². The van der Waals surface area contributed by atoms with Crippen LogP contribution in [0.15, 0.2) is 206 Å². The van der Waals surface area contributed by atoms with Gasteiger partial charge in [-0.25, -0.2) is 0 Å². The molecule has 2 aliphatic rings. The normalized spacial score (nSPS) is 14.2. The van der Waals surface area contributed by atoms with E-state index in [1.54, 1.807) is 0 Å². The van der Waals surface area contributed by atoms with Gasteiger partial charge in [0.25, 0.3) is 0 Å². The van der Waals surface area contributed by atoms with Gasteiger partial charge in [0.2, 0.25) is 0 Å². The summed E-state index contributed by atoms with van der Waals surface area (Å²) in [5, 5.41) is 2.44. The van der Waals surface area contributed by atoms with Crippen molar-refractivity contribution in [3.63, 3.8) is 0 Å². The van der Waals surface area contributed by atoms with E-state index in [9.17, 15) is 0 Å². The van der Waals surface area contributed by atoms with Crippen molar-refractivity contribution < 1.29 is 0 Å². The predicted molar refractivity (Wildman–Crippen MR) is 254 cm³/mol. The number of anilines is 6. The third kappa shape index (κ3) is 5.55. The van der Waals surface area contributed by atoms with Crippen LogP contribution in [0.5, 0.6) is 0 Å². The molecule has 1 aliphatic heterocycles. The van der Waals surface area contributed by atoms with E-state index in [-0.39, 0.29) is 10.8 Å². The molecule has 60 heavy (non-hydrogen) atoms. The summed E-state index contributed by atoms with van der Waals surface area (Å²) in [5.74, 6) is 0. The monoisotopic (exact) mass is 770 g/mol. The summed E-state index contributed by atoms with van der Waals surface area (Å²) in [7, 11) is 0.